The predicted octanol–water partition coefficient (Wildman–Crippen LogP) is -4.39. The summed E-state index contributed by atoms with van der Waals surface area (Å²) in [5.74, 6) is -3.32. The largest absolute Gasteiger partial charge is 0.480 e. The molecule has 3 unspecified atom stereocenters. The van der Waals surface area contributed by atoms with Crippen molar-refractivity contribution in [2.75, 3.05) is 19.6 Å². The standard InChI is InChI=1S/C17H34N10O5/c1-9(15(31)32)26-14(30)11(5-3-7-24-17(21)22)27-12(28)8-25-13(29)10(18)4-2-6-23-16(19)20/h9-11H,2-8,18H2,1H3,(H,25,29)(H,26,30)(H,27,28)(H,31,32)(H4,19,20,23)(H4,21,22,24). The van der Waals surface area contributed by atoms with Gasteiger partial charge in [-0.2, -0.15) is 0 Å². The number of amides is 3. The molecule has 0 radical (unpaired) electrons. The minimum atomic E-state index is -1.23. The van der Waals surface area contributed by atoms with Gasteiger partial charge in [-0.15, -0.1) is 0 Å². The summed E-state index contributed by atoms with van der Waals surface area (Å²) in [4.78, 5) is 55.1. The molecule has 0 aliphatic heterocycles. The Morgan fingerprint density at radius 3 is 1.91 bits per heavy atom. The van der Waals surface area contributed by atoms with Crippen LogP contribution in [0.3, 0.4) is 0 Å². The lowest BCUT2D eigenvalue weighted by Gasteiger charge is -2.20. The molecule has 0 aromatic rings. The van der Waals surface area contributed by atoms with Gasteiger partial charge in [0.05, 0.1) is 12.6 Å². The first-order valence-electron chi connectivity index (χ1n) is 9.90. The molecule has 0 spiro atoms. The number of carbonyl (C=O) groups excluding carboxylic acids is 3. The number of aliphatic carboxylic acids is 1. The van der Waals surface area contributed by atoms with Crippen LogP contribution in [-0.2, 0) is 19.2 Å². The zero-order chi connectivity index (χ0) is 24.7. The molecule has 0 heterocycles. The maximum atomic E-state index is 12.4. The van der Waals surface area contributed by atoms with E-state index in [1.165, 1.54) is 6.92 Å². The second-order valence-corrected chi connectivity index (χ2v) is 6.91. The molecule has 182 valence electrons. The Balaban J connectivity index is 4.71. The first kappa shape index (κ1) is 28.4. The van der Waals surface area contributed by atoms with E-state index in [4.69, 9.17) is 33.8 Å². The Labute approximate surface area is 185 Å². The number of rotatable bonds is 15. The van der Waals surface area contributed by atoms with Crippen molar-refractivity contribution in [2.45, 2.75) is 50.7 Å². The Hall–Kier alpha value is -3.62. The van der Waals surface area contributed by atoms with E-state index in [0.29, 0.717) is 25.8 Å². The number of nitrogens with two attached hydrogens (primary N) is 5. The molecule has 0 rings (SSSR count). The number of nitrogens with zero attached hydrogens (tertiary/aromatic N) is 2. The average molecular weight is 459 g/mol. The first-order chi connectivity index (χ1) is 14.9. The predicted molar refractivity (Wildman–Crippen MR) is 118 cm³/mol. The summed E-state index contributed by atoms with van der Waals surface area (Å²) in [5.41, 5.74) is 26.6. The summed E-state index contributed by atoms with van der Waals surface area (Å²) < 4.78 is 0. The Kier molecular flexibility index (Phi) is 13.5. The van der Waals surface area contributed by atoms with E-state index >= 15 is 0 Å². The van der Waals surface area contributed by atoms with Gasteiger partial charge in [0.15, 0.2) is 11.9 Å². The minimum Gasteiger partial charge on any atom is -0.480 e. The van der Waals surface area contributed by atoms with E-state index < -0.39 is 48.4 Å². The Morgan fingerprint density at radius 1 is 0.875 bits per heavy atom. The molecule has 0 aliphatic carbocycles. The summed E-state index contributed by atoms with van der Waals surface area (Å²) in [6.45, 7) is 1.39. The molecule has 0 aliphatic rings. The zero-order valence-corrected chi connectivity index (χ0v) is 18.0. The van der Waals surface area contributed by atoms with Gasteiger partial charge >= 0.3 is 5.97 Å². The lowest BCUT2D eigenvalue weighted by atomic mass is 10.1. The summed E-state index contributed by atoms with van der Waals surface area (Å²) in [6, 6.07) is -3.08. The minimum absolute atomic E-state index is 0.0608. The van der Waals surface area contributed by atoms with Gasteiger partial charge in [0.25, 0.3) is 0 Å². The van der Waals surface area contributed by atoms with Crippen LogP contribution in [0, 0.1) is 0 Å². The van der Waals surface area contributed by atoms with Crippen molar-refractivity contribution >= 4 is 35.6 Å². The number of hydrogen-bond donors (Lipinski definition) is 9. The highest BCUT2D eigenvalue weighted by Gasteiger charge is 2.24. The zero-order valence-electron chi connectivity index (χ0n) is 18.0. The number of aliphatic imine (C=N–C) groups is 2. The highest BCUT2D eigenvalue weighted by Crippen LogP contribution is 2.00. The van der Waals surface area contributed by atoms with Crippen molar-refractivity contribution in [1.82, 2.24) is 16.0 Å². The van der Waals surface area contributed by atoms with Crippen LogP contribution in [0.5, 0.6) is 0 Å². The van der Waals surface area contributed by atoms with Crippen LogP contribution < -0.4 is 44.6 Å². The van der Waals surface area contributed by atoms with Gasteiger partial charge in [-0.25, -0.2) is 0 Å². The first-order valence-corrected chi connectivity index (χ1v) is 9.90. The SMILES string of the molecule is CC(NC(=O)C(CCCN=C(N)N)NC(=O)CNC(=O)C(N)CCCN=C(N)N)C(=O)O. The highest BCUT2D eigenvalue weighted by molar-refractivity contribution is 5.92. The fourth-order valence-electron chi connectivity index (χ4n) is 2.34. The maximum absolute atomic E-state index is 12.4. The molecule has 0 saturated carbocycles. The molecule has 0 bridgehead atoms. The van der Waals surface area contributed by atoms with Crippen LogP contribution in [0.1, 0.15) is 32.6 Å². The smallest absolute Gasteiger partial charge is 0.325 e. The summed E-state index contributed by atoms with van der Waals surface area (Å²) in [6.07, 6.45) is 1.25. The molecular weight excluding hydrogens is 424 g/mol. The van der Waals surface area contributed by atoms with E-state index in [0.717, 1.165) is 0 Å². The lowest BCUT2D eigenvalue weighted by Crippen LogP contribution is -2.53. The maximum Gasteiger partial charge on any atom is 0.325 e. The monoisotopic (exact) mass is 458 g/mol. The van der Waals surface area contributed by atoms with Crippen LogP contribution >= 0.6 is 0 Å². The van der Waals surface area contributed by atoms with Gasteiger partial charge in [0.2, 0.25) is 17.7 Å². The van der Waals surface area contributed by atoms with Crippen molar-refractivity contribution in [3.05, 3.63) is 0 Å². The van der Waals surface area contributed by atoms with Crippen molar-refractivity contribution in [3.63, 3.8) is 0 Å². The topological polar surface area (TPSA) is 279 Å². The van der Waals surface area contributed by atoms with Crippen LogP contribution in [0.4, 0.5) is 0 Å². The van der Waals surface area contributed by atoms with Crippen LogP contribution in [0.2, 0.25) is 0 Å². The second kappa shape index (κ2) is 15.2. The van der Waals surface area contributed by atoms with Crippen molar-refractivity contribution in [1.29, 1.82) is 0 Å². The van der Waals surface area contributed by atoms with Crippen molar-refractivity contribution < 1.29 is 24.3 Å². The summed E-state index contributed by atoms with van der Waals surface area (Å²) in [7, 11) is 0. The molecule has 0 fully saturated rings. The molecule has 3 atom stereocenters. The summed E-state index contributed by atoms with van der Waals surface area (Å²) in [5, 5.41) is 16.1. The highest BCUT2D eigenvalue weighted by atomic mass is 16.4. The number of guanidine groups is 2. The number of carbonyl (C=O) groups is 4. The van der Waals surface area contributed by atoms with E-state index in [9.17, 15) is 19.2 Å². The number of carboxylic acid groups (broad SMARTS) is 1. The molecule has 3 amide bonds. The summed E-state index contributed by atoms with van der Waals surface area (Å²) >= 11 is 0. The number of nitrogens with one attached hydrogen (secondary N) is 3. The second-order valence-electron chi connectivity index (χ2n) is 6.91. The van der Waals surface area contributed by atoms with Gasteiger partial charge in [-0.3, -0.25) is 29.2 Å². The molecule has 15 heteroatoms. The molecule has 15 nitrogen and oxygen atoms in total. The Bertz CT molecular complexity index is 704. The van der Waals surface area contributed by atoms with Gasteiger partial charge in [0, 0.05) is 13.1 Å². The van der Waals surface area contributed by atoms with Crippen LogP contribution in [0.15, 0.2) is 9.98 Å². The molecular formula is C17H34N10O5. The van der Waals surface area contributed by atoms with E-state index in [1.54, 1.807) is 0 Å². The third kappa shape index (κ3) is 13.6. The third-order valence-electron chi connectivity index (χ3n) is 4.05. The van der Waals surface area contributed by atoms with E-state index in [-0.39, 0.29) is 24.9 Å². The van der Waals surface area contributed by atoms with Gasteiger partial charge < -0.3 is 49.7 Å². The van der Waals surface area contributed by atoms with Gasteiger partial charge in [-0.05, 0) is 32.6 Å². The van der Waals surface area contributed by atoms with Crippen LogP contribution in [0.25, 0.3) is 0 Å². The number of carboxylic acids is 1. The average Bonchev–Trinajstić information content (AvgIpc) is 2.70. The number of hydrogen-bond acceptors (Lipinski definition) is 7. The molecule has 0 aromatic heterocycles. The molecule has 0 aromatic carbocycles. The molecule has 32 heavy (non-hydrogen) atoms. The third-order valence-corrected chi connectivity index (χ3v) is 4.05. The lowest BCUT2D eigenvalue weighted by molar-refractivity contribution is -0.141. The molecule has 0 saturated heterocycles. The van der Waals surface area contributed by atoms with Crippen molar-refractivity contribution in [3.8, 4) is 0 Å². The normalized spacial score (nSPS) is 13.1. The van der Waals surface area contributed by atoms with E-state index in [2.05, 4.69) is 25.9 Å². The van der Waals surface area contributed by atoms with E-state index in [1.807, 2.05) is 0 Å². The van der Waals surface area contributed by atoms with Gasteiger partial charge in [-0.1, -0.05) is 0 Å². The van der Waals surface area contributed by atoms with Crippen LogP contribution in [-0.4, -0.2) is 78.5 Å². The fourth-order valence-corrected chi connectivity index (χ4v) is 2.34. The fraction of sp³-hybridized carbons (Fsp3) is 0.647. The quantitative estimate of drug-likeness (QED) is 0.0645. The molecule has 14 N–H and O–H groups in total. The van der Waals surface area contributed by atoms with Crippen molar-refractivity contribution in [2.24, 2.45) is 38.7 Å². The van der Waals surface area contributed by atoms with Gasteiger partial charge in [0.1, 0.15) is 12.1 Å². The Morgan fingerprint density at radius 2 is 1.41 bits per heavy atom.